The van der Waals surface area contributed by atoms with Gasteiger partial charge in [0.2, 0.25) is 5.91 Å². The molecule has 1 atom stereocenters. The zero-order valence-corrected chi connectivity index (χ0v) is 19.5. The van der Waals surface area contributed by atoms with Crippen molar-refractivity contribution in [2.75, 3.05) is 12.9 Å². The Morgan fingerprint density at radius 2 is 1.88 bits per heavy atom. The summed E-state index contributed by atoms with van der Waals surface area (Å²) >= 11 is 1.38. The molecule has 1 N–H and O–H groups in total. The molecule has 0 radical (unpaired) electrons. The van der Waals surface area contributed by atoms with Gasteiger partial charge in [0.25, 0.3) is 0 Å². The summed E-state index contributed by atoms with van der Waals surface area (Å²) in [6.45, 7) is 4.07. The number of aryl methyl sites for hydroxylation is 1. The number of nitrogens with zero attached hydrogens (tertiary/aromatic N) is 3. The van der Waals surface area contributed by atoms with Gasteiger partial charge in [0.1, 0.15) is 5.75 Å². The molecular weight excluding hydrogens is 432 g/mol. The quantitative estimate of drug-likeness (QED) is 0.350. The van der Waals surface area contributed by atoms with E-state index in [1.807, 2.05) is 53.8 Å². The number of ether oxygens (including phenoxy) is 1. The van der Waals surface area contributed by atoms with E-state index in [1.165, 1.54) is 11.8 Å². The number of amides is 1. The third-order valence-electron chi connectivity index (χ3n) is 5.87. The second kappa shape index (κ2) is 8.75. The van der Waals surface area contributed by atoms with Crippen molar-refractivity contribution in [1.29, 1.82) is 0 Å². The van der Waals surface area contributed by atoms with Gasteiger partial charge in [0.15, 0.2) is 10.8 Å². The Hall–Kier alpha value is -3.58. The molecule has 0 fully saturated rings. The lowest BCUT2D eigenvalue weighted by Gasteiger charge is -2.16. The highest BCUT2D eigenvalue weighted by Crippen LogP contribution is 2.29. The van der Waals surface area contributed by atoms with Crippen molar-refractivity contribution in [1.82, 2.24) is 19.9 Å². The lowest BCUT2D eigenvalue weighted by Crippen LogP contribution is -2.28. The van der Waals surface area contributed by atoms with Crippen LogP contribution in [0.5, 0.6) is 5.75 Å². The normalized spacial score (nSPS) is 12.3. The van der Waals surface area contributed by atoms with Gasteiger partial charge in [-0.3, -0.25) is 9.20 Å². The molecule has 1 amide bonds. The molecule has 0 saturated carbocycles. The molecule has 1 unspecified atom stereocenters. The Balaban J connectivity index is 1.37. The third-order valence-corrected chi connectivity index (χ3v) is 6.80. The van der Waals surface area contributed by atoms with Crippen molar-refractivity contribution in [3.05, 3.63) is 77.9 Å². The van der Waals surface area contributed by atoms with Crippen molar-refractivity contribution < 1.29 is 9.53 Å². The van der Waals surface area contributed by atoms with Crippen LogP contribution >= 0.6 is 11.8 Å². The fourth-order valence-electron chi connectivity index (χ4n) is 4.24. The van der Waals surface area contributed by atoms with Crippen LogP contribution in [0, 0.1) is 6.92 Å². The molecular formula is C26H24N4O2S. The molecule has 5 rings (SSSR count). The van der Waals surface area contributed by atoms with Gasteiger partial charge in [0.05, 0.1) is 24.4 Å². The van der Waals surface area contributed by atoms with Gasteiger partial charge >= 0.3 is 0 Å². The van der Waals surface area contributed by atoms with E-state index < -0.39 is 0 Å². The predicted molar refractivity (Wildman–Crippen MR) is 133 cm³/mol. The number of hydrogen-bond acceptors (Lipinski definition) is 5. The maximum absolute atomic E-state index is 12.8. The first-order valence-electron chi connectivity index (χ1n) is 10.8. The maximum Gasteiger partial charge on any atom is 0.230 e. The molecule has 2 aromatic heterocycles. The van der Waals surface area contributed by atoms with Gasteiger partial charge < -0.3 is 10.1 Å². The topological polar surface area (TPSA) is 68.5 Å². The molecule has 6 nitrogen and oxygen atoms in total. The van der Waals surface area contributed by atoms with Crippen LogP contribution in [0.15, 0.2) is 71.9 Å². The largest absolute Gasteiger partial charge is 0.497 e. The summed E-state index contributed by atoms with van der Waals surface area (Å²) in [6.07, 6.45) is 0. The number of carbonyl (C=O) groups is 1. The number of benzene rings is 3. The molecule has 0 bridgehead atoms. The Morgan fingerprint density at radius 3 is 2.73 bits per heavy atom. The fraction of sp³-hybridized carbons (Fsp3) is 0.192. The monoisotopic (exact) mass is 456 g/mol. The molecule has 0 spiro atoms. The summed E-state index contributed by atoms with van der Waals surface area (Å²) in [5, 5.41) is 15.9. The zero-order valence-electron chi connectivity index (χ0n) is 18.7. The van der Waals surface area contributed by atoms with E-state index >= 15 is 0 Å². The number of fused-ring (bicyclic) bond motifs is 4. The van der Waals surface area contributed by atoms with Crippen LogP contribution in [-0.2, 0) is 4.79 Å². The van der Waals surface area contributed by atoms with Crippen molar-refractivity contribution in [2.24, 2.45) is 0 Å². The van der Waals surface area contributed by atoms with Crippen LogP contribution < -0.4 is 10.1 Å². The van der Waals surface area contributed by atoms with Gasteiger partial charge in [0, 0.05) is 11.5 Å². The lowest BCUT2D eigenvalue weighted by molar-refractivity contribution is -0.119. The summed E-state index contributed by atoms with van der Waals surface area (Å²) in [5.74, 6) is 0.960. The lowest BCUT2D eigenvalue weighted by atomic mass is 10.00. The van der Waals surface area contributed by atoms with E-state index in [4.69, 9.17) is 4.74 Å². The van der Waals surface area contributed by atoms with Crippen LogP contribution in [0.2, 0.25) is 0 Å². The highest BCUT2D eigenvalue weighted by Gasteiger charge is 2.16. The van der Waals surface area contributed by atoms with Gasteiger partial charge in [-0.15, -0.1) is 10.2 Å². The van der Waals surface area contributed by atoms with Gasteiger partial charge in [-0.2, -0.15) is 0 Å². The molecule has 33 heavy (non-hydrogen) atoms. The number of thioether (sulfide) groups is 1. The number of methoxy groups -OCH3 is 1. The second-order valence-corrected chi connectivity index (χ2v) is 8.98. The number of aromatic nitrogens is 3. The van der Waals surface area contributed by atoms with Crippen LogP contribution in [0.3, 0.4) is 0 Å². The first kappa shape index (κ1) is 21.3. The Labute approximate surface area is 196 Å². The minimum atomic E-state index is -0.105. The highest BCUT2D eigenvalue weighted by atomic mass is 32.2. The average molecular weight is 457 g/mol. The van der Waals surface area contributed by atoms with E-state index in [9.17, 15) is 4.79 Å². The molecule has 0 aliphatic rings. The van der Waals surface area contributed by atoms with Crippen LogP contribution in [0.25, 0.3) is 27.3 Å². The van der Waals surface area contributed by atoms with Crippen LogP contribution in [0.1, 0.15) is 24.1 Å². The van der Waals surface area contributed by atoms with Crippen molar-refractivity contribution in [3.8, 4) is 5.75 Å². The van der Waals surface area contributed by atoms with E-state index in [0.717, 1.165) is 44.2 Å². The summed E-state index contributed by atoms with van der Waals surface area (Å²) in [5.41, 5.74) is 3.93. The standard InChI is InChI=1S/C26H24N4O2S/c1-16-13-24-28-29-26(30(24)23-14-19(32-3)11-12-20(16)23)33-15-25(31)27-17(2)21-10-6-8-18-7-4-5-9-22(18)21/h4-14,17H,15H2,1-3H3,(H,27,31). The van der Waals surface area contributed by atoms with Crippen LogP contribution in [-0.4, -0.2) is 33.4 Å². The van der Waals surface area contributed by atoms with E-state index in [0.29, 0.717) is 5.16 Å². The minimum Gasteiger partial charge on any atom is -0.497 e. The Kier molecular flexibility index (Phi) is 5.64. The molecule has 7 heteroatoms. The predicted octanol–water partition coefficient (Wildman–Crippen LogP) is 5.32. The molecule has 2 heterocycles. The summed E-state index contributed by atoms with van der Waals surface area (Å²) < 4.78 is 7.40. The number of pyridine rings is 1. The number of carbonyl (C=O) groups excluding carboxylic acids is 1. The Morgan fingerprint density at radius 1 is 1.06 bits per heavy atom. The van der Waals surface area contributed by atoms with Crippen molar-refractivity contribution >= 4 is 45.0 Å². The first-order valence-corrected chi connectivity index (χ1v) is 11.8. The number of hydrogen-bond donors (Lipinski definition) is 1. The molecule has 0 aliphatic carbocycles. The fourth-order valence-corrected chi connectivity index (χ4v) is 5.01. The maximum atomic E-state index is 12.8. The van der Waals surface area contributed by atoms with Gasteiger partial charge in [-0.25, -0.2) is 0 Å². The van der Waals surface area contributed by atoms with E-state index in [1.54, 1.807) is 7.11 Å². The molecule has 0 aliphatic heterocycles. The molecule has 166 valence electrons. The average Bonchev–Trinajstić information content (AvgIpc) is 3.24. The molecule has 3 aromatic carbocycles. The SMILES string of the molecule is COc1ccc2c(C)cc3nnc(SCC(=O)NC(C)c4cccc5ccccc45)n3c2c1. The van der Waals surface area contributed by atoms with Gasteiger partial charge in [-0.1, -0.05) is 54.2 Å². The highest BCUT2D eigenvalue weighted by molar-refractivity contribution is 7.99. The van der Waals surface area contributed by atoms with E-state index in [2.05, 4.69) is 46.7 Å². The van der Waals surface area contributed by atoms with Crippen LogP contribution in [0.4, 0.5) is 0 Å². The summed E-state index contributed by atoms with van der Waals surface area (Å²) in [7, 11) is 1.65. The third kappa shape index (κ3) is 4.00. The summed E-state index contributed by atoms with van der Waals surface area (Å²) in [4.78, 5) is 12.8. The number of rotatable bonds is 6. The molecule has 5 aromatic rings. The summed E-state index contributed by atoms with van der Waals surface area (Å²) in [6, 6.07) is 22.3. The van der Waals surface area contributed by atoms with Crippen molar-refractivity contribution in [2.45, 2.75) is 25.0 Å². The van der Waals surface area contributed by atoms with Gasteiger partial charge in [-0.05, 0) is 53.9 Å². The van der Waals surface area contributed by atoms with E-state index in [-0.39, 0.29) is 17.7 Å². The second-order valence-electron chi connectivity index (χ2n) is 8.03. The zero-order chi connectivity index (χ0) is 22.9. The number of nitrogens with one attached hydrogen (secondary N) is 1. The first-order chi connectivity index (χ1) is 16.0. The smallest absolute Gasteiger partial charge is 0.230 e. The Bertz CT molecular complexity index is 1490. The molecule has 0 saturated heterocycles. The van der Waals surface area contributed by atoms with Crippen molar-refractivity contribution in [3.63, 3.8) is 0 Å². The minimum absolute atomic E-state index is 0.0498.